The number of carbonyl (C=O) groups excluding carboxylic acids is 1. The van der Waals surface area contributed by atoms with Crippen molar-refractivity contribution in [1.82, 2.24) is 5.01 Å². The molecule has 0 fully saturated rings. The second-order valence-corrected chi connectivity index (χ2v) is 11.0. The lowest BCUT2D eigenvalue weighted by Gasteiger charge is -2.26. The van der Waals surface area contributed by atoms with Crippen molar-refractivity contribution in [3.8, 4) is 17.2 Å². The van der Waals surface area contributed by atoms with Crippen LogP contribution in [0, 0.1) is 5.41 Å². The zero-order valence-electron chi connectivity index (χ0n) is 23.5. The minimum atomic E-state index is -0.464. The summed E-state index contributed by atoms with van der Waals surface area (Å²) >= 11 is 1.32. The van der Waals surface area contributed by atoms with Crippen molar-refractivity contribution < 1.29 is 19.0 Å². The number of rotatable bonds is 10. The average Bonchev–Trinajstić information content (AvgIpc) is 3.42. The topological polar surface area (TPSA) is 96.6 Å². The van der Waals surface area contributed by atoms with E-state index in [-0.39, 0.29) is 16.8 Å². The number of hydrogen-bond donors (Lipinski definition) is 1. The van der Waals surface area contributed by atoms with E-state index in [1.54, 1.807) is 31.4 Å². The van der Waals surface area contributed by atoms with Gasteiger partial charge in [0.05, 0.1) is 12.7 Å². The van der Waals surface area contributed by atoms with E-state index in [2.05, 4.69) is 60.3 Å². The van der Waals surface area contributed by atoms with Crippen LogP contribution in [-0.4, -0.2) is 47.3 Å². The fourth-order valence-corrected chi connectivity index (χ4v) is 5.36. The lowest BCUT2D eigenvalue weighted by atomic mass is 9.78. The van der Waals surface area contributed by atoms with Crippen molar-refractivity contribution in [3.05, 3.63) is 95.1 Å². The minimum Gasteiger partial charge on any atom is -0.493 e. The second kappa shape index (κ2) is 12.0. The van der Waals surface area contributed by atoms with Crippen LogP contribution in [0.3, 0.4) is 0 Å². The molecule has 3 aromatic rings. The van der Waals surface area contributed by atoms with Gasteiger partial charge in [-0.25, -0.2) is 0 Å². The largest absolute Gasteiger partial charge is 0.493 e. The molecule has 2 aliphatic rings. The van der Waals surface area contributed by atoms with Gasteiger partial charge >= 0.3 is 0 Å². The van der Waals surface area contributed by atoms with Gasteiger partial charge < -0.3 is 14.2 Å². The third kappa shape index (κ3) is 6.05. The Hall–Kier alpha value is -4.37. The summed E-state index contributed by atoms with van der Waals surface area (Å²) in [6.07, 6.45) is 2.33. The van der Waals surface area contributed by atoms with Crippen LogP contribution in [0.4, 0.5) is 0 Å². The van der Waals surface area contributed by atoms with E-state index in [0.717, 1.165) is 10.8 Å². The van der Waals surface area contributed by atoms with E-state index >= 15 is 0 Å². The van der Waals surface area contributed by atoms with E-state index in [0.29, 0.717) is 41.9 Å². The van der Waals surface area contributed by atoms with E-state index < -0.39 is 5.91 Å². The van der Waals surface area contributed by atoms with Crippen molar-refractivity contribution in [2.24, 2.45) is 10.1 Å². The monoisotopic (exact) mass is 568 g/mol. The van der Waals surface area contributed by atoms with Gasteiger partial charge in [0, 0.05) is 5.41 Å². The number of amidine groups is 2. The number of benzene rings is 3. The summed E-state index contributed by atoms with van der Waals surface area (Å²) in [7, 11) is 1.56. The highest BCUT2D eigenvalue weighted by molar-refractivity contribution is 8.26. The van der Waals surface area contributed by atoms with Crippen molar-refractivity contribution >= 4 is 39.8 Å². The summed E-state index contributed by atoms with van der Waals surface area (Å²) in [4.78, 5) is 16.7. The molecule has 0 unspecified atom stereocenters. The van der Waals surface area contributed by atoms with E-state index in [1.807, 2.05) is 25.1 Å². The molecule has 5 rings (SSSR count). The highest BCUT2D eigenvalue weighted by Gasteiger charge is 2.35. The molecule has 9 heteroatoms. The molecule has 0 spiro atoms. The third-order valence-corrected chi connectivity index (χ3v) is 8.03. The van der Waals surface area contributed by atoms with Crippen molar-refractivity contribution in [1.29, 1.82) is 5.41 Å². The molecule has 0 atom stereocenters. The molecule has 2 aliphatic heterocycles. The average molecular weight is 569 g/mol. The van der Waals surface area contributed by atoms with Crippen LogP contribution in [0.2, 0.25) is 0 Å². The van der Waals surface area contributed by atoms with E-state index in [1.165, 1.54) is 27.9 Å². The summed E-state index contributed by atoms with van der Waals surface area (Å²) in [5.41, 5.74) is 3.21. The number of nitrogens with zero attached hydrogens (tertiary/aromatic N) is 3. The Morgan fingerprint density at radius 1 is 0.951 bits per heavy atom. The van der Waals surface area contributed by atoms with Gasteiger partial charge in [-0.05, 0) is 65.2 Å². The number of carbonyl (C=O) groups is 1. The highest BCUT2D eigenvalue weighted by atomic mass is 32.2. The van der Waals surface area contributed by atoms with Crippen LogP contribution in [0.15, 0.2) is 88.5 Å². The summed E-state index contributed by atoms with van der Waals surface area (Å²) < 4.78 is 17.4. The number of methoxy groups -OCH3 is 1. The van der Waals surface area contributed by atoms with Crippen LogP contribution in [-0.2, 0) is 10.2 Å². The first-order valence-corrected chi connectivity index (χ1v) is 14.2. The fourth-order valence-electron chi connectivity index (χ4n) is 4.53. The molecule has 0 aromatic heterocycles. The first kappa shape index (κ1) is 28.2. The van der Waals surface area contributed by atoms with Crippen LogP contribution >= 0.6 is 11.8 Å². The SMILES string of the molecule is CCC1=NN2C(=N)C(=Cc3ccc(OCCOc4ccc(C(C)(C)c5ccccc5)cc4)c(OC)c3)C(=O)N=C2S1. The van der Waals surface area contributed by atoms with Crippen LogP contribution < -0.4 is 14.2 Å². The molecule has 210 valence electrons. The van der Waals surface area contributed by atoms with E-state index in [4.69, 9.17) is 19.6 Å². The van der Waals surface area contributed by atoms with Gasteiger partial charge in [0.2, 0.25) is 5.17 Å². The zero-order valence-corrected chi connectivity index (χ0v) is 24.3. The lowest BCUT2D eigenvalue weighted by Crippen LogP contribution is -2.35. The van der Waals surface area contributed by atoms with Gasteiger partial charge in [-0.2, -0.15) is 15.1 Å². The third-order valence-electron chi connectivity index (χ3n) is 6.98. The number of amides is 1. The number of ether oxygens (including phenoxy) is 3. The van der Waals surface area contributed by atoms with E-state index in [9.17, 15) is 4.79 Å². The maximum Gasteiger partial charge on any atom is 0.283 e. The molecule has 0 saturated heterocycles. The summed E-state index contributed by atoms with van der Waals surface area (Å²) in [5.74, 6) is 1.37. The summed E-state index contributed by atoms with van der Waals surface area (Å²) in [6, 6.07) is 23.9. The standard InChI is InChI=1S/C32H32N4O4S/c1-5-28-35-36-29(33)25(30(37)34-31(36)41-28)19-21-11-16-26(27(20-21)38-4)40-18-17-39-24-14-12-23(13-15-24)32(2,3)22-9-7-6-8-10-22/h6-16,19-20,33H,5,17-18H2,1-4H3. The molecule has 41 heavy (non-hydrogen) atoms. The number of hydrazone groups is 1. The van der Waals surface area contributed by atoms with Gasteiger partial charge in [0.25, 0.3) is 5.91 Å². The molecule has 0 aliphatic carbocycles. The highest BCUT2D eigenvalue weighted by Crippen LogP contribution is 2.33. The van der Waals surface area contributed by atoms with Crippen LogP contribution in [0.1, 0.15) is 43.9 Å². The van der Waals surface area contributed by atoms with Crippen LogP contribution in [0.25, 0.3) is 6.08 Å². The maximum absolute atomic E-state index is 12.6. The number of fused-ring (bicyclic) bond motifs is 1. The first-order chi connectivity index (χ1) is 19.8. The second-order valence-electron chi connectivity index (χ2n) is 9.99. The Morgan fingerprint density at radius 2 is 1.66 bits per heavy atom. The predicted octanol–water partition coefficient (Wildman–Crippen LogP) is 6.51. The number of aliphatic imine (C=N–C) groups is 1. The number of thioether (sulfide) groups is 1. The Morgan fingerprint density at radius 3 is 2.37 bits per heavy atom. The predicted molar refractivity (Wildman–Crippen MR) is 164 cm³/mol. The first-order valence-electron chi connectivity index (χ1n) is 13.4. The summed E-state index contributed by atoms with van der Waals surface area (Å²) in [6.45, 7) is 7.08. The smallest absolute Gasteiger partial charge is 0.283 e. The Bertz CT molecular complexity index is 1550. The zero-order chi connectivity index (χ0) is 29.0. The molecule has 3 aromatic carbocycles. The van der Waals surface area contributed by atoms with Gasteiger partial charge in [0.15, 0.2) is 17.3 Å². The molecule has 1 amide bonds. The quantitative estimate of drug-likeness (QED) is 0.221. The molecular formula is C32H32N4O4S. The van der Waals surface area contributed by atoms with Gasteiger partial charge in [0.1, 0.15) is 24.0 Å². The fraction of sp³-hybridized carbons (Fsp3) is 0.250. The molecule has 0 saturated carbocycles. The van der Waals surface area contributed by atoms with Gasteiger partial charge in [-0.3, -0.25) is 10.2 Å². The molecule has 2 heterocycles. The number of nitrogens with one attached hydrogen (secondary N) is 1. The Kier molecular flexibility index (Phi) is 8.26. The van der Waals surface area contributed by atoms with Crippen molar-refractivity contribution in [2.75, 3.05) is 20.3 Å². The summed E-state index contributed by atoms with van der Waals surface area (Å²) in [5, 5.41) is 15.5. The maximum atomic E-state index is 12.6. The van der Waals surface area contributed by atoms with Gasteiger partial charge in [-0.15, -0.1) is 0 Å². The Balaban J connectivity index is 1.19. The van der Waals surface area contributed by atoms with Crippen molar-refractivity contribution in [2.45, 2.75) is 32.6 Å². The van der Waals surface area contributed by atoms with Crippen LogP contribution in [0.5, 0.6) is 17.2 Å². The normalized spacial score (nSPS) is 15.9. The molecule has 0 radical (unpaired) electrons. The van der Waals surface area contributed by atoms with Gasteiger partial charge in [-0.1, -0.05) is 69.3 Å². The molecule has 8 nitrogen and oxygen atoms in total. The number of hydrogen-bond acceptors (Lipinski definition) is 7. The lowest BCUT2D eigenvalue weighted by molar-refractivity contribution is -0.114. The Labute approximate surface area is 244 Å². The molecule has 1 N–H and O–H groups in total. The molecular weight excluding hydrogens is 536 g/mol. The van der Waals surface area contributed by atoms with Crippen molar-refractivity contribution in [3.63, 3.8) is 0 Å². The molecule has 0 bridgehead atoms. The minimum absolute atomic E-state index is 0.00375.